The van der Waals surface area contributed by atoms with Crippen molar-refractivity contribution in [1.82, 2.24) is 4.37 Å². The molecule has 1 unspecified atom stereocenters. The first-order valence-corrected chi connectivity index (χ1v) is 3.42. The fraction of sp³-hybridized carbons (Fsp3) is 0.400. The fourth-order valence-corrected chi connectivity index (χ4v) is 1.06. The van der Waals surface area contributed by atoms with Crippen LogP contribution in [0.25, 0.3) is 0 Å². The summed E-state index contributed by atoms with van der Waals surface area (Å²) >= 11 is 1.04. The van der Waals surface area contributed by atoms with E-state index in [0.717, 1.165) is 11.5 Å². The number of halogens is 2. The zero-order valence-corrected chi connectivity index (χ0v) is 5.68. The van der Waals surface area contributed by atoms with Crippen molar-refractivity contribution in [1.29, 1.82) is 0 Å². The summed E-state index contributed by atoms with van der Waals surface area (Å²) in [6.07, 6.45) is -4.48. The number of hydrogen-bond acceptors (Lipinski definition) is 3. The van der Waals surface area contributed by atoms with Gasteiger partial charge in [0.1, 0.15) is 0 Å². The maximum Gasteiger partial charge on any atom is 0.269 e. The van der Waals surface area contributed by atoms with Gasteiger partial charge in [0.2, 0.25) is 0 Å². The molecule has 1 aromatic rings. The molecule has 0 amide bonds. The number of hydrogen-bond donors (Lipinski definition) is 1. The second kappa shape index (κ2) is 3.03. The Labute approximate surface area is 60.3 Å². The third-order valence-corrected chi connectivity index (χ3v) is 1.57. The number of nitrogens with zero attached hydrogens (tertiary/aromatic N) is 1. The summed E-state index contributed by atoms with van der Waals surface area (Å²) in [5.41, 5.74) is 0.0417. The molecule has 0 aliphatic rings. The minimum atomic E-state index is -2.75. The Morgan fingerprint density at radius 3 is 2.70 bits per heavy atom. The van der Waals surface area contributed by atoms with E-state index in [-0.39, 0.29) is 5.69 Å². The molecular weight excluding hydrogens is 160 g/mol. The van der Waals surface area contributed by atoms with Crippen molar-refractivity contribution in [3.8, 4) is 0 Å². The predicted octanol–water partition coefficient (Wildman–Crippen LogP) is 1.44. The molecule has 0 saturated carbocycles. The zero-order valence-electron chi connectivity index (χ0n) is 4.87. The van der Waals surface area contributed by atoms with Crippen LogP contribution in [0.1, 0.15) is 11.8 Å². The molecule has 0 aliphatic carbocycles. The second-order valence-corrected chi connectivity index (χ2v) is 2.37. The van der Waals surface area contributed by atoms with Crippen molar-refractivity contribution in [2.75, 3.05) is 0 Å². The maximum absolute atomic E-state index is 11.7. The molecule has 1 heterocycles. The standard InChI is InChI=1S/C5H5F2NOS/c6-5(7)4(9)3-1-2-10-8-3/h1-2,4-5,9H. The van der Waals surface area contributed by atoms with Gasteiger partial charge in [-0.2, -0.15) is 4.37 Å². The third-order valence-electron chi connectivity index (χ3n) is 0.999. The fourth-order valence-electron chi connectivity index (χ4n) is 0.504. The van der Waals surface area contributed by atoms with Crippen LogP contribution in [0.5, 0.6) is 0 Å². The Hall–Kier alpha value is -0.550. The molecule has 0 spiro atoms. The van der Waals surface area contributed by atoms with Crippen LogP contribution in [0.15, 0.2) is 11.4 Å². The Morgan fingerprint density at radius 2 is 2.30 bits per heavy atom. The SMILES string of the molecule is OC(c1ccsn1)C(F)F. The molecule has 0 aliphatic heterocycles. The largest absolute Gasteiger partial charge is 0.381 e. The number of alkyl halides is 2. The van der Waals surface area contributed by atoms with Gasteiger partial charge < -0.3 is 5.11 Å². The molecule has 2 nitrogen and oxygen atoms in total. The summed E-state index contributed by atoms with van der Waals surface area (Å²) in [6.45, 7) is 0. The average Bonchev–Trinajstić information content (AvgIpc) is 2.36. The summed E-state index contributed by atoms with van der Waals surface area (Å²) in [4.78, 5) is 0. The van der Waals surface area contributed by atoms with Gasteiger partial charge in [-0.3, -0.25) is 0 Å². The van der Waals surface area contributed by atoms with Gasteiger partial charge in [0.15, 0.2) is 6.10 Å². The summed E-state index contributed by atoms with van der Waals surface area (Å²) in [5, 5.41) is 10.2. The van der Waals surface area contributed by atoms with Crippen molar-refractivity contribution in [2.45, 2.75) is 12.5 Å². The topological polar surface area (TPSA) is 33.1 Å². The van der Waals surface area contributed by atoms with E-state index < -0.39 is 12.5 Å². The van der Waals surface area contributed by atoms with E-state index in [1.807, 2.05) is 0 Å². The van der Waals surface area contributed by atoms with Crippen LogP contribution in [0.2, 0.25) is 0 Å². The molecule has 1 aromatic heterocycles. The Kier molecular flexibility index (Phi) is 2.29. The van der Waals surface area contributed by atoms with E-state index in [2.05, 4.69) is 4.37 Å². The molecule has 1 atom stereocenters. The average molecular weight is 165 g/mol. The Balaban J connectivity index is 2.68. The molecule has 1 N–H and O–H groups in total. The quantitative estimate of drug-likeness (QED) is 0.719. The van der Waals surface area contributed by atoms with Crippen LogP contribution in [-0.4, -0.2) is 15.9 Å². The monoisotopic (exact) mass is 165 g/mol. The van der Waals surface area contributed by atoms with Gasteiger partial charge in [-0.25, -0.2) is 8.78 Å². The maximum atomic E-state index is 11.7. The van der Waals surface area contributed by atoms with Crippen LogP contribution in [0.4, 0.5) is 8.78 Å². The molecule has 0 aromatic carbocycles. The Bertz CT molecular complexity index is 190. The highest BCUT2D eigenvalue weighted by molar-refractivity contribution is 7.03. The summed E-state index contributed by atoms with van der Waals surface area (Å²) in [7, 11) is 0. The molecule has 0 fully saturated rings. The van der Waals surface area contributed by atoms with Crippen molar-refractivity contribution in [3.05, 3.63) is 17.1 Å². The smallest absolute Gasteiger partial charge is 0.269 e. The van der Waals surface area contributed by atoms with Crippen molar-refractivity contribution in [2.24, 2.45) is 0 Å². The number of rotatable bonds is 2. The van der Waals surface area contributed by atoms with E-state index >= 15 is 0 Å². The molecule has 5 heteroatoms. The lowest BCUT2D eigenvalue weighted by atomic mass is 10.3. The molecule has 1 rings (SSSR count). The first-order valence-electron chi connectivity index (χ1n) is 2.58. The minimum Gasteiger partial charge on any atom is -0.381 e. The van der Waals surface area contributed by atoms with E-state index in [4.69, 9.17) is 5.11 Å². The van der Waals surface area contributed by atoms with E-state index in [1.54, 1.807) is 5.38 Å². The van der Waals surface area contributed by atoms with Crippen LogP contribution in [0.3, 0.4) is 0 Å². The van der Waals surface area contributed by atoms with Gasteiger partial charge in [0, 0.05) is 5.38 Å². The lowest BCUT2D eigenvalue weighted by molar-refractivity contribution is -0.00767. The molecule has 0 saturated heterocycles. The van der Waals surface area contributed by atoms with Crippen LogP contribution >= 0.6 is 11.5 Å². The molecular formula is C5H5F2NOS. The highest BCUT2D eigenvalue weighted by Crippen LogP contribution is 2.18. The highest BCUT2D eigenvalue weighted by Gasteiger charge is 2.20. The van der Waals surface area contributed by atoms with Crippen molar-refractivity contribution < 1.29 is 13.9 Å². The van der Waals surface area contributed by atoms with Gasteiger partial charge in [0.05, 0.1) is 5.69 Å². The number of aliphatic hydroxyl groups is 1. The van der Waals surface area contributed by atoms with Gasteiger partial charge in [-0.15, -0.1) is 0 Å². The summed E-state index contributed by atoms with van der Waals surface area (Å²) < 4.78 is 27.0. The summed E-state index contributed by atoms with van der Waals surface area (Å²) in [5.74, 6) is 0. The van der Waals surface area contributed by atoms with Crippen molar-refractivity contribution in [3.63, 3.8) is 0 Å². The van der Waals surface area contributed by atoms with E-state index in [0.29, 0.717) is 0 Å². The van der Waals surface area contributed by atoms with E-state index in [1.165, 1.54) is 6.07 Å². The van der Waals surface area contributed by atoms with Crippen LogP contribution < -0.4 is 0 Å². The normalized spacial score (nSPS) is 14.0. The lowest BCUT2D eigenvalue weighted by Crippen LogP contribution is -2.07. The first kappa shape index (κ1) is 7.56. The Morgan fingerprint density at radius 1 is 1.60 bits per heavy atom. The van der Waals surface area contributed by atoms with Gasteiger partial charge >= 0.3 is 0 Å². The summed E-state index contributed by atoms with van der Waals surface area (Å²) in [6, 6.07) is 1.38. The second-order valence-electron chi connectivity index (χ2n) is 1.70. The lowest BCUT2D eigenvalue weighted by Gasteiger charge is -2.03. The first-order chi connectivity index (χ1) is 4.72. The molecule has 0 bridgehead atoms. The molecule has 56 valence electrons. The van der Waals surface area contributed by atoms with Gasteiger partial charge in [-0.1, -0.05) is 0 Å². The van der Waals surface area contributed by atoms with Gasteiger partial charge in [0.25, 0.3) is 6.43 Å². The predicted molar refractivity (Wildman–Crippen MR) is 33.1 cm³/mol. The van der Waals surface area contributed by atoms with E-state index in [9.17, 15) is 8.78 Å². The van der Waals surface area contributed by atoms with Crippen LogP contribution in [-0.2, 0) is 0 Å². The molecule has 10 heavy (non-hydrogen) atoms. The van der Waals surface area contributed by atoms with Gasteiger partial charge in [-0.05, 0) is 17.6 Å². The minimum absolute atomic E-state index is 0.0417. The third kappa shape index (κ3) is 1.48. The number of aromatic nitrogens is 1. The molecule has 0 radical (unpaired) electrons. The highest BCUT2D eigenvalue weighted by atomic mass is 32.1. The van der Waals surface area contributed by atoms with Crippen molar-refractivity contribution >= 4 is 11.5 Å². The zero-order chi connectivity index (χ0) is 7.56. The number of aliphatic hydroxyl groups excluding tert-OH is 1. The van der Waals surface area contributed by atoms with Crippen LogP contribution in [0, 0.1) is 0 Å².